The molecule has 2 aromatic heterocycles. The van der Waals surface area contributed by atoms with Crippen LogP contribution in [0.3, 0.4) is 0 Å². The summed E-state index contributed by atoms with van der Waals surface area (Å²) in [7, 11) is 1.34. The predicted molar refractivity (Wildman–Crippen MR) is 244 cm³/mol. The van der Waals surface area contributed by atoms with Gasteiger partial charge in [-0.1, -0.05) is 78.9 Å². The molecule has 1 aliphatic carbocycles. The fraction of sp³-hybridized carbons (Fsp3) is 0.320. The van der Waals surface area contributed by atoms with Gasteiger partial charge in [0.1, 0.15) is 35.9 Å². The number of halogens is 3. The first-order chi connectivity index (χ1) is 32.9. The van der Waals surface area contributed by atoms with Gasteiger partial charge in [0.15, 0.2) is 0 Å². The van der Waals surface area contributed by atoms with Gasteiger partial charge in [0.05, 0.1) is 26.0 Å². The highest BCUT2D eigenvalue weighted by Crippen LogP contribution is 2.44. The Labute approximate surface area is 390 Å². The Morgan fingerprint density at radius 1 is 0.853 bits per heavy atom. The fourth-order valence-corrected chi connectivity index (χ4v) is 8.54. The number of methoxy groups -OCH3 is 1. The molecule has 9 rings (SSSR count). The number of ether oxygens (including phenoxy) is 3. The van der Waals surface area contributed by atoms with Crippen molar-refractivity contribution < 1.29 is 51.3 Å². The van der Waals surface area contributed by atoms with Gasteiger partial charge in [-0.15, -0.1) is 0 Å². The number of piperazine rings is 2. The number of carbonyl (C=O) groups excluding carboxylic acids is 2. The quantitative estimate of drug-likeness (QED) is 0.118. The van der Waals surface area contributed by atoms with Crippen LogP contribution in [0.25, 0.3) is 22.6 Å². The normalized spacial score (nSPS) is 17.1. The van der Waals surface area contributed by atoms with Crippen LogP contribution in [0.15, 0.2) is 120 Å². The molecule has 2 atom stereocenters. The number of aliphatic carboxylic acids is 1. The molecule has 4 aromatic carbocycles. The van der Waals surface area contributed by atoms with E-state index in [2.05, 4.69) is 44.5 Å². The van der Waals surface area contributed by atoms with E-state index in [1.807, 2.05) is 85.8 Å². The second-order valence-corrected chi connectivity index (χ2v) is 16.4. The third-order valence-electron chi connectivity index (χ3n) is 12.1. The van der Waals surface area contributed by atoms with Crippen molar-refractivity contribution in [1.82, 2.24) is 30.1 Å². The highest BCUT2D eigenvalue weighted by Gasteiger charge is 2.37. The molecule has 2 aliphatic heterocycles. The number of anilines is 1. The average Bonchev–Trinajstić information content (AvgIpc) is 3.90. The van der Waals surface area contributed by atoms with Crippen molar-refractivity contribution in [2.24, 2.45) is 0 Å². The van der Waals surface area contributed by atoms with E-state index in [9.17, 15) is 32.7 Å². The number of aryl methyl sites for hydroxylation is 1. The predicted octanol–water partition coefficient (Wildman–Crippen LogP) is 7.24. The SMILES string of the molecule is COC(=O)C1CN(C(=O)OCC2c3ccccc3-c3ccccc32)CCN1.Cc1oc(-c2ccccc2)nc1CCOc1ccc(CN2CCN(c3nccc(C(F)(F)F)n3)CC2C(=O)O)cc1. The van der Waals surface area contributed by atoms with Crippen molar-refractivity contribution in [3.63, 3.8) is 0 Å². The number of carboxylic acid groups (broad SMARTS) is 1. The van der Waals surface area contributed by atoms with E-state index in [1.165, 1.54) is 34.3 Å². The summed E-state index contributed by atoms with van der Waals surface area (Å²) in [6.45, 7) is 4.77. The molecule has 2 N–H and O–H groups in total. The van der Waals surface area contributed by atoms with Crippen molar-refractivity contribution in [3.05, 3.63) is 149 Å². The van der Waals surface area contributed by atoms with E-state index in [4.69, 9.17) is 18.6 Å². The van der Waals surface area contributed by atoms with Crippen molar-refractivity contribution >= 4 is 24.0 Å². The van der Waals surface area contributed by atoms with Crippen LogP contribution in [0, 0.1) is 6.92 Å². The average molecular weight is 934 g/mol. The second kappa shape index (κ2) is 21.1. The Kier molecular flexibility index (Phi) is 14.7. The molecule has 0 bridgehead atoms. The lowest BCUT2D eigenvalue weighted by molar-refractivity contribution is -0.144. The minimum atomic E-state index is -4.61. The van der Waals surface area contributed by atoms with Gasteiger partial charge in [0, 0.05) is 63.4 Å². The second-order valence-electron chi connectivity index (χ2n) is 16.4. The zero-order valence-corrected chi connectivity index (χ0v) is 37.4. The molecule has 2 saturated heterocycles. The smallest absolute Gasteiger partial charge is 0.433 e. The zero-order chi connectivity index (χ0) is 47.8. The van der Waals surface area contributed by atoms with E-state index in [-0.39, 0.29) is 37.5 Å². The van der Waals surface area contributed by atoms with E-state index in [1.54, 1.807) is 9.80 Å². The van der Waals surface area contributed by atoms with Crippen LogP contribution >= 0.6 is 0 Å². The molecule has 2 unspecified atom stereocenters. The van der Waals surface area contributed by atoms with Gasteiger partial charge >= 0.3 is 24.2 Å². The maximum atomic E-state index is 13.1. The molecule has 4 heterocycles. The van der Waals surface area contributed by atoms with Gasteiger partial charge in [0.25, 0.3) is 0 Å². The summed E-state index contributed by atoms with van der Waals surface area (Å²) >= 11 is 0. The van der Waals surface area contributed by atoms with Crippen LogP contribution in [-0.4, -0.2) is 120 Å². The first kappa shape index (κ1) is 47.2. The number of hydrogen-bond acceptors (Lipinski definition) is 13. The lowest BCUT2D eigenvalue weighted by Gasteiger charge is -2.39. The summed E-state index contributed by atoms with van der Waals surface area (Å²) in [4.78, 5) is 53.2. The highest BCUT2D eigenvalue weighted by atomic mass is 19.4. The standard InChI is InChI=1S/C29H28F3N5O4.C21H22N2O4/c1-19-23(34-26(41-19)21-5-3-2-4-6-21)12-16-40-22-9-7-20(8-10-22)17-36-14-15-37(18-24(36)27(38)39)28-33-13-11-25(35-28)29(30,31)32;1-26-20(24)19-12-23(11-10-22-19)21(25)27-13-18-16-8-4-2-6-14(16)15-7-3-5-9-17(15)18/h2-11,13,24H,12,14-18H2,1H3,(H,38,39);2-9,18-19,22H,10-13H2,1H3. The first-order valence-corrected chi connectivity index (χ1v) is 22.1. The third kappa shape index (κ3) is 11.1. The Balaban J connectivity index is 0.000000200. The monoisotopic (exact) mass is 933 g/mol. The molecule has 2 fully saturated rings. The number of nitrogens with one attached hydrogen (secondary N) is 1. The van der Waals surface area contributed by atoms with Crippen LogP contribution in [-0.2, 0) is 38.2 Å². The fourth-order valence-electron chi connectivity index (χ4n) is 8.54. The first-order valence-electron chi connectivity index (χ1n) is 22.1. The molecule has 0 radical (unpaired) electrons. The van der Waals surface area contributed by atoms with Gasteiger partial charge < -0.3 is 38.9 Å². The number of rotatable bonds is 12. The van der Waals surface area contributed by atoms with Crippen molar-refractivity contribution in [2.75, 3.05) is 64.5 Å². The summed E-state index contributed by atoms with van der Waals surface area (Å²) < 4.78 is 61.3. The Morgan fingerprint density at radius 3 is 2.22 bits per heavy atom. The highest BCUT2D eigenvalue weighted by molar-refractivity contribution is 5.80. The number of benzene rings is 4. The van der Waals surface area contributed by atoms with Gasteiger partial charge in [-0.25, -0.2) is 19.7 Å². The van der Waals surface area contributed by atoms with Gasteiger partial charge in [-0.05, 0) is 65.1 Å². The maximum absolute atomic E-state index is 13.1. The summed E-state index contributed by atoms with van der Waals surface area (Å²) in [5.74, 6) is 0.441. The van der Waals surface area contributed by atoms with Crippen LogP contribution in [0.4, 0.5) is 23.9 Å². The maximum Gasteiger partial charge on any atom is 0.433 e. The van der Waals surface area contributed by atoms with E-state index >= 15 is 0 Å². The lowest BCUT2D eigenvalue weighted by atomic mass is 9.98. The number of aromatic nitrogens is 3. The molecule has 354 valence electrons. The molecular formula is C50H50F3N7O8. The number of hydrogen-bond donors (Lipinski definition) is 2. The Bertz CT molecular complexity index is 2660. The molecule has 3 aliphatic rings. The van der Waals surface area contributed by atoms with Crippen molar-refractivity contribution in [2.45, 2.75) is 44.1 Å². The van der Waals surface area contributed by atoms with Crippen LogP contribution in [0.5, 0.6) is 5.75 Å². The minimum Gasteiger partial charge on any atom is -0.493 e. The third-order valence-corrected chi connectivity index (χ3v) is 12.1. The Morgan fingerprint density at radius 2 is 1.54 bits per heavy atom. The molecule has 0 spiro atoms. The molecule has 0 saturated carbocycles. The van der Waals surface area contributed by atoms with E-state index in [0.717, 1.165) is 34.8 Å². The number of fused-ring (bicyclic) bond motifs is 3. The number of oxazole rings is 1. The summed E-state index contributed by atoms with van der Waals surface area (Å²) in [5, 5.41) is 12.9. The number of alkyl halides is 3. The number of nitrogens with zero attached hydrogens (tertiary/aromatic N) is 6. The molecule has 15 nitrogen and oxygen atoms in total. The van der Waals surface area contributed by atoms with Gasteiger partial charge in [0.2, 0.25) is 11.8 Å². The summed E-state index contributed by atoms with van der Waals surface area (Å²) in [5.41, 5.74) is 6.31. The van der Waals surface area contributed by atoms with E-state index in [0.29, 0.717) is 57.4 Å². The van der Waals surface area contributed by atoms with Gasteiger partial charge in [-0.2, -0.15) is 13.2 Å². The topological polar surface area (TPSA) is 173 Å². The van der Waals surface area contributed by atoms with Crippen molar-refractivity contribution in [1.29, 1.82) is 0 Å². The molecule has 18 heteroatoms. The van der Waals surface area contributed by atoms with Crippen molar-refractivity contribution in [3.8, 4) is 28.3 Å². The van der Waals surface area contributed by atoms with E-state index < -0.39 is 36.0 Å². The molecule has 6 aromatic rings. The zero-order valence-electron chi connectivity index (χ0n) is 37.4. The minimum absolute atomic E-state index is 0.0284. The lowest BCUT2D eigenvalue weighted by Crippen LogP contribution is -2.56. The Hall–Kier alpha value is -7.31. The summed E-state index contributed by atoms with van der Waals surface area (Å²) in [6, 6.07) is 32.9. The van der Waals surface area contributed by atoms with Crippen LogP contribution in [0.1, 0.15) is 39.8 Å². The number of amides is 1. The molecule has 68 heavy (non-hydrogen) atoms. The number of carboxylic acids is 1. The van der Waals surface area contributed by atoms with Crippen LogP contribution in [0.2, 0.25) is 0 Å². The molecular weight excluding hydrogens is 884 g/mol. The van der Waals surface area contributed by atoms with Gasteiger partial charge in [-0.3, -0.25) is 14.5 Å². The van der Waals surface area contributed by atoms with Crippen LogP contribution < -0.4 is 15.0 Å². The number of carbonyl (C=O) groups is 3. The summed E-state index contributed by atoms with van der Waals surface area (Å²) in [6.07, 6.45) is -3.40. The number of esters is 1. The largest absolute Gasteiger partial charge is 0.493 e. The molecule has 1 amide bonds.